The van der Waals surface area contributed by atoms with Crippen molar-refractivity contribution in [1.29, 1.82) is 0 Å². The van der Waals surface area contributed by atoms with Gasteiger partial charge in [-0.15, -0.1) is 0 Å². The van der Waals surface area contributed by atoms with E-state index in [0.717, 1.165) is 11.1 Å². The minimum absolute atomic E-state index is 0.0691. The summed E-state index contributed by atoms with van der Waals surface area (Å²) in [5, 5.41) is 0.619. The molecular weight excluding hydrogens is 426 g/mol. The number of ether oxygens (including phenoxy) is 3. The fourth-order valence-electron chi connectivity index (χ4n) is 2.80. The number of carbonyl (C=O) groups is 1. The van der Waals surface area contributed by atoms with E-state index in [1.165, 1.54) is 30.3 Å². The molecule has 0 unspecified atom stereocenters. The molecule has 0 bridgehead atoms. The summed E-state index contributed by atoms with van der Waals surface area (Å²) in [6.45, 7) is -2.69. The van der Waals surface area contributed by atoms with Gasteiger partial charge in [0.1, 0.15) is 23.9 Å². The highest BCUT2D eigenvalue weighted by Crippen LogP contribution is 2.24. The molecule has 0 aliphatic rings. The van der Waals surface area contributed by atoms with Crippen LogP contribution < -0.4 is 14.2 Å². The highest BCUT2D eigenvalue weighted by Gasteiger charge is 2.09. The number of allylic oxidation sites excluding steroid dienone is 1. The van der Waals surface area contributed by atoms with Gasteiger partial charge in [0.25, 0.3) is 0 Å². The molecule has 0 atom stereocenters. The van der Waals surface area contributed by atoms with Crippen molar-refractivity contribution in [2.24, 2.45) is 0 Å². The maximum absolute atomic E-state index is 12.4. The molecule has 7 heteroatoms. The predicted octanol–water partition coefficient (Wildman–Crippen LogP) is 6.43. The molecule has 0 fully saturated rings. The molecule has 0 N–H and O–H groups in total. The van der Waals surface area contributed by atoms with Gasteiger partial charge < -0.3 is 14.2 Å². The predicted molar refractivity (Wildman–Crippen MR) is 115 cm³/mol. The number of halogens is 3. The van der Waals surface area contributed by atoms with Crippen molar-refractivity contribution in [3.8, 4) is 17.2 Å². The zero-order chi connectivity index (χ0) is 22.2. The van der Waals surface area contributed by atoms with Gasteiger partial charge in [0.2, 0.25) is 0 Å². The van der Waals surface area contributed by atoms with E-state index < -0.39 is 6.61 Å². The second-order valence-corrected chi connectivity index (χ2v) is 6.85. The number of rotatable bonds is 9. The van der Waals surface area contributed by atoms with E-state index >= 15 is 0 Å². The lowest BCUT2D eigenvalue weighted by atomic mass is 10.1. The molecule has 0 aliphatic carbocycles. The SMILES string of the molecule is COc1ccc(/C=C/C(=O)c2cccc(OC(F)F)c2)cc1COc1ccc(Cl)cc1. The standard InChI is InChI=1S/C24H19ClF2O4/c1-29-23-12-6-16(13-18(23)15-30-20-9-7-19(25)8-10-20)5-11-22(28)17-3-2-4-21(14-17)31-24(26)27/h2-14,24H,15H2,1H3/b11-5+. The van der Waals surface area contributed by atoms with Crippen molar-refractivity contribution in [3.63, 3.8) is 0 Å². The van der Waals surface area contributed by atoms with Crippen LogP contribution in [0, 0.1) is 0 Å². The minimum atomic E-state index is -2.95. The Morgan fingerprint density at radius 1 is 1.03 bits per heavy atom. The molecular formula is C24H19ClF2O4. The maximum Gasteiger partial charge on any atom is 0.387 e. The molecule has 0 amide bonds. The Balaban J connectivity index is 1.72. The van der Waals surface area contributed by atoms with Crippen molar-refractivity contribution < 1.29 is 27.8 Å². The van der Waals surface area contributed by atoms with Gasteiger partial charge in [-0.1, -0.05) is 35.9 Å². The fourth-order valence-corrected chi connectivity index (χ4v) is 2.93. The van der Waals surface area contributed by atoms with Gasteiger partial charge in [-0.2, -0.15) is 8.78 Å². The maximum atomic E-state index is 12.4. The first-order valence-electron chi connectivity index (χ1n) is 9.27. The molecule has 4 nitrogen and oxygen atoms in total. The molecule has 31 heavy (non-hydrogen) atoms. The van der Waals surface area contributed by atoms with Gasteiger partial charge in [0, 0.05) is 16.1 Å². The first-order valence-corrected chi connectivity index (χ1v) is 9.65. The van der Waals surface area contributed by atoms with E-state index in [-0.39, 0.29) is 23.7 Å². The second kappa shape index (κ2) is 10.6. The number of benzene rings is 3. The van der Waals surface area contributed by atoms with Crippen LogP contribution in [0.4, 0.5) is 8.78 Å². The number of ketones is 1. The van der Waals surface area contributed by atoms with Gasteiger partial charge in [0.05, 0.1) is 7.11 Å². The van der Waals surface area contributed by atoms with Crippen molar-refractivity contribution >= 4 is 23.5 Å². The van der Waals surface area contributed by atoms with Gasteiger partial charge in [-0.25, -0.2) is 0 Å². The normalized spacial score (nSPS) is 11.0. The van der Waals surface area contributed by atoms with Crippen LogP contribution in [-0.2, 0) is 6.61 Å². The molecule has 0 aliphatic heterocycles. The van der Waals surface area contributed by atoms with Gasteiger partial charge in [0.15, 0.2) is 5.78 Å². The Morgan fingerprint density at radius 2 is 1.81 bits per heavy atom. The van der Waals surface area contributed by atoms with Gasteiger partial charge >= 0.3 is 6.61 Å². The Kier molecular flexibility index (Phi) is 7.62. The summed E-state index contributed by atoms with van der Waals surface area (Å²) in [5.74, 6) is 0.901. The molecule has 3 rings (SSSR count). The number of methoxy groups -OCH3 is 1. The third-order valence-corrected chi connectivity index (χ3v) is 4.54. The number of hydrogen-bond acceptors (Lipinski definition) is 4. The lowest BCUT2D eigenvalue weighted by Crippen LogP contribution is -2.03. The number of alkyl halides is 2. The molecule has 3 aromatic carbocycles. The van der Waals surface area contributed by atoms with Crippen LogP contribution in [-0.4, -0.2) is 19.5 Å². The first kappa shape index (κ1) is 22.3. The number of carbonyl (C=O) groups excluding carboxylic acids is 1. The monoisotopic (exact) mass is 444 g/mol. The van der Waals surface area contributed by atoms with Crippen molar-refractivity contribution in [2.75, 3.05) is 7.11 Å². The van der Waals surface area contributed by atoms with Crippen molar-refractivity contribution in [2.45, 2.75) is 13.2 Å². The van der Waals surface area contributed by atoms with E-state index in [2.05, 4.69) is 4.74 Å². The Bertz CT molecular complexity index is 1070. The van der Waals surface area contributed by atoms with Crippen molar-refractivity contribution in [3.05, 3.63) is 94.5 Å². The smallest absolute Gasteiger partial charge is 0.387 e. The van der Waals surface area contributed by atoms with E-state index in [0.29, 0.717) is 16.5 Å². The van der Waals surface area contributed by atoms with Crippen LogP contribution >= 0.6 is 11.6 Å². The highest BCUT2D eigenvalue weighted by atomic mass is 35.5. The van der Waals surface area contributed by atoms with Crippen LogP contribution in [0.15, 0.2) is 72.8 Å². The van der Waals surface area contributed by atoms with Crippen LogP contribution in [0.25, 0.3) is 6.08 Å². The van der Waals surface area contributed by atoms with Crippen molar-refractivity contribution in [1.82, 2.24) is 0 Å². The molecule has 0 heterocycles. The van der Waals surface area contributed by atoms with E-state index in [1.54, 1.807) is 49.6 Å². The lowest BCUT2D eigenvalue weighted by Gasteiger charge is -2.11. The molecule has 0 aromatic heterocycles. The molecule has 0 radical (unpaired) electrons. The summed E-state index contributed by atoms with van der Waals surface area (Å²) in [6, 6.07) is 18.1. The van der Waals surface area contributed by atoms with Crippen LogP contribution in [0.1, 0.15) is 21.5 Å². The van der Waals surface area contributed by atoms with Gasteiger partial charge in [-0.05, 0) is 60.2 Å². The second-order valence-electron chi connectivity index (χ2n) is 6.42. The molecule has 0 saturated heterocycles. The summed E-state index contributed by atoms with van der Waals surface area (Å²) >= 11 is 5.88. The quantitative estimate of drug-likeness (QED) is 0.282. The topological polar surface area (TPSA) is 44.8 Å². The van der Waals surface area contributed by atoms with E-state index in [9.17, 15) is 13.6 Å². The Hall–Kier alpha value is -3.38. The average molecular weight is 445 g/mol. The van der Waals surface area contributed by atoms with Crippen LogP contribution in [0.2, 0.25) is 5.02 Å². The largest absolute Gasteiger partial charge is 0.496 e. The average Bonchev–Trinajstić information content (AvgIpc) is 2.77. The zero-order valence-corrected chi connectivity index (χ0v) is 17.3. The fraction of sp³-hybridized carbons (Fsp3) is 0.125. The zero-order valence-electron chi connectivity index (χ0n) is 16.6. The summed E-state index contributed by atoms with van der Waals surface area (Å²) < 4.78 is 40.2. The first-order chi connectivity index (χ1) is 14.9. The number of hydrogen-bond donors (Lipinski definition) is 0. The third-order valence-electron chi connectivity index (χ3n) is 4.28. The molecule has 0 saturated carbocycles. The summed E-state index contributed by atoms with van der Waals surface area (Å²) in [7, 11) is 1.56. The van der Waals surface area contributed by atoms with E-state index in [1.807, 2.05) is 6.07 Å². The Labute approximate surface area is 183 Å². The minimum Gasteiger partial charge on any atom is -0.496 e. The lowest BCUT2D eigenvalue weighted by molar-refractivity contribution is -0.0498. The highest BCUT2D eigenvalue weighted by molar-refractivity contribution is 6.30. The third kappa shape index (κ3) is 6.55. The Morgan fingerprint density at radius 3 is 2.52 bits per heavy atom. The molecule has 3 aromatic rings. The van der Waals surface area contributed by atoms with Crippen LogP contribution in [0.5, 0.6) is 17.2 Å². The van der Waals surface area contributed by atoms with E-state index in [4.69, 9.17) is 21.1 Å². The molecule has 0 spiro atoms. The summed E-state index contributed by atoms with van der Waals surface area (Å²) in [4.78, 5) is 12.4. The van der Waals surface area contributed by atoms with Gasteiger partial charge in [-0.3, -0.25) is 4.79 Å². The van der Waals surface area contributed by atoms with Crippen LogP contribution in [0.3, 0.4) is 0 Å². The summed E-state index contributed by atoms with van der Waals surface area (Å²) in [5.41, 5.74) is 1.79. The molecule has 160 valence electrons. The summed E-state index contributed by atoms with van der Waals surface area (Å²) in [6.07, 6.45) is 3.00.